The van der Waals surface area contributed by atoms with Crippen molar-refractivity contribution in [2.75, 3.05) is 10.2 Å². The molecule has 1 aliphatic rings. The molecule has 3 rings (SSSR count). The number of halogens is 1. The fraction of sp³-hybridized carbons (Fsp3) is 0.0714. The molecular formula is C14H10IN3. The maximum Gasteiger partial charge on any atom is 0.157 e. The summed E-state index contributed by atoms with van der Waals surface area (Å²) in [6.45, 7) is 0. The first kappa shape index (κ1) is 11.4. The molecule has 1 unspecified atom stereocenters. The van der Waals surface area contributed by atoms with Gasteiger partial charge in [0.05, 0.1) is 23.0 Å². The summed E-state index contributed by atoms with van der Waals surface area (Å²) in [5.41, 5.74) is 3.95. The number of fused-ring (bicyclic) bond motifs is 1. The number of hydrogen-bond donors (Lipinski definition) is 1. The van der Waals surface area contributed by atoms with Gasteiger partial charge in [-0.05, 0) is 52.9 Å². The summed E-state index contributed by atoms with van der Waals surface area (Å²) in [5.74, 6) is 0. The van der Waals surface area contributed by atoms with Crippen LogP contribution in [-0.4, -0.2) is 4.17 Å². The van der Waals surface area contributed by atoms with E-state index in [1.54, 1.807) is 0 Å². The Kier molecular flexibility index (Phi) is 2.84. The predicted molar refractivity (Wildman–Crippen MR) is 81.2 cm³/mol. The first-order valence-corrected chi connectivity index (χ1v) is 6.83. The van der Waals surface area contributed by atoms with E-state index in [1.165, 1.54) is 0 Å². The van der Waals surface area contributed by atoms with E-state index >= 15 is 0 Å². The van der Waals surface area contributed by atoms with Crippen LogP contribution in [0.2, 0.25) is 0 Å². The van der Waals surface area contributed by atoms with Gasteiger partial charge in [-0.1, -0.05) is 18.2 Å². The average molecular weight is 347 g/mol. The predicted octanol–water partition coefficient (Wildman–Crippen LogP) is 3.84. The summed E-state index contributed by atoms with van der Waals surface area (Å²) in [6.07, 6.45) is 0. The van der Waals surface area contributed by atoms with E-state index in [0.29, 0.717) is 5.56 Å². The van der Waals surface area contributed by atoms with Gasteiger partial charge in [-0.3, -0.25) is 0 Å². The molecule has 1 aliphatic heterocycles. The van der Waals surface area contributed by atoms with Crippen LogP contribution in [0.15, 0.2) is 48.5 Å². The number of para-hydroxylation sites is 1. The summed E-state index contributed by atoms with van der Waals surface area (Å²) in [5, 5.41) is 12.3. The second-order valence-corrected chi connectivity index (χ2v) is 5.21. The smallest absolute Gasteiger partial charge is 0.157 e. The number of alkyl halides is 1. The van der Waals surface area contributed by atoms with Crippen LogP contribution in [0.5, 0.6) is 0 Å². The van der Waals surface area contributed by atoms with Crippen LogP contribution in [0.25, 0.3) is 0 Å². The van der Waals surface area contributed by atoms with Gasteiger partial charge in [0.1, 0.15) is 0 Å². The Labute approximate surface area is 119 Å². The minimum absolute atomic E-state index is 0.161. The van der Waals surface area contributed by atoms with E-state index in [1.807, 2.05) is 36.4 Å². The van der Waals surface area contributed by atoms with E-state index in [0.717, 1.165) is 17.1 Å². The van der Waals surface area contributed by atoms with Gasteiger partial charge in [-0.15, -0.1) is 0 Å². The lowest BCUT2D eigenvalue weighted by Gasteiger charge is -2.22. The van der Waals surface area contributed by atoms with Crippen molar-refractivity contribution in [1.29, 1.82) is 5.26 Å². The van der Waals surface area contributed by atoms with Gasteiger partial charge in [0.2, 0.25) is 0 Å². The molecule has 0 radical (unpaired) electrons. The summed E-state index contributed by atoms with van der Waals surface area (Å²) in [7, 11) is 0. The number of rotatable bonds is 1. The minimum atomic E-state index is 0.161. The number of anilines is 3. The Morgan fingerprint density at radius 3 is 2.67 bits per heavy atom. The van der Waals surface area contributed by atoms with Crippen LogP contribution in [0.1, 0.15) is 5.56 Å². The quantitative estimate of drug-likeness (QED) is 0.484. The van der Waals surface area contributed by atoms with Crippen molar-refractivity contribution in [3.05, 3.63) is 54.1 Å². The lowest BCUT2D eigenvalue weighted by Crippen LogP contribution is -2.25. The van der Waals surface area contributed by atoms with Crippen LogP contribution in [0, 0.1) is 11.3 Å². The van der Waals surface area contributed by atoms with Crippen LogP contribution >= 0.6 is 22.6 Å². The number of nitrogens with one attached hydrogen (secondary N) is 1. The van der Waals surface area contributed by atoms with Crippen molar-refractivity contribution in [1.82, 2.24) is 0 Å². The molecule has 0 aromatic heterocycles. The highest BCUT2D eigenvalue weighted by molar-refractivity contribution is 14.1. The first-order chi connectivity index (χ1) is 8.79. The van der Waals surface area contributed by atoms with Crippen molar-refractivity contribution in [2.24, 2.45) is 0 Å². The Morgan fingerprint density at radius 2 is 1.94 bits per heavy atom. The number of benzene rings is 2. The second kappa shape index (κ2) is 4.50. The largest absolute Gasteiger partial charge is 0.355 e. The molecule has 0 fully saturated rings. The molecule has 1 atom stereocenters. The molecule has 2 aromatic carbocycles. The third-order valence-electron chi connectivity index (χ3n) is 2.92. The van der Waals surface area contributed by atoms with Crippen molar-refractivity contribution in [3.8, 4) is 6.07 Å². The fourth-order valence-corrected chi connectivity index (χ4v) is 3.06. The van der Waals surface area contributed by atoms with Gasteiger partial charge in [0.15, 0.2) is 4.17 Å². The maximum atomic E-state index is 8.92. The molecular weight excluding hydrogens is 337 g/mol. The molecule has 3 nitrogen and oxygen atoms in total. The van der Waals surface area contributed by atoms with Gasteiger partial charge in [-0.25, -0.2) is 0 Å². The molecule has 0 saturated carbocycles. The Morgan fingerprint density at radius 1 is 1.17 bits per heavy atom. The molecule has 0 aliphatic carbocycles. The normalized spacial score (nSPS) is 16.9. The molecule has 18 heavy (non-hydrogen) atoms. The summed E-state index contributed by atoms with van der Waals surface area (Å²) in [6, 6.07) is 18.1. The van der Waals surface area contributed by atoms with Crippen molar-refractivity contribution in [2.45, 2.75) is 4.17 Å². The van der Waals surface area contributed by atoms with Crippen molar-refractivity contribution >= 4 is 39.7 Å². The Bertz CT molecular complexity index is 619. The second-order valence-electron chi connectivity index (χ2n) is 4.03. The average Bonchev–Trinajstić information content (AvgIpc) is 2.74. The highest BCUT2D eigenvalue weighted by Gasteiger charge is 2.27. The molecule has 0 amide bonds. The highest BCUT2D eigenvalue weighted by atomic mass is 127. The fourth-order valence-electron chi connectivity index (χ4n) is 2.10. The zero-order valence-electron chi connectivity index (χ0n) is 9.47. The number of nitriles is 1. The third-order valence-corrected chi connectivity index (χ3v) is 3.79. The lowest BCUT2D eigenvalue weighted by molar-refractivity contribution is 1.06. The molecule has 0 bridgehead atoms. The molecule has 1 N–H and O–H groups in total. The van der Waals surface area contributed by atoms with Gasteiger partial charge in [0, 0.05) is 5.69 Å². The number of nitrogens with zero attached hydrogens (tertiary/aromatic N) is 2. The number of hydrogen-bond acceptors (Lipinski definition) is 3. The van der Waals surface area contributed by atoms with E-state index in [4.69, 9.17) is 5.26 Å². The zero-order chi connectivity index (χ0) is 12.5. The summed E-state index contributed by atoms with van der Waals surface area (Å²) in [4.78, 5) is 2.22. The van der Waals surface area contributed by atoms with Crippen molar-refractivity contribution < 1.29 is 0 Å². The molecule has 0 spiro atoms. The van der Waals surface area contributed by atoms with Crippen LogP contribution < -0.4 is 10.2 Å². The van der Waals surface area contributed by atoms with Crippen LogP contribution in [-0.2, 0) is 0 Å². The standard InChI is InChI=1S/C14H10IN3/c15-14-17-12-8-10(9-16)6-7-13(12)18(14)11-4-2-1-3-5-11/h1-8,14,17H. The molecule has 2 aromatic rings. The maximum absolute atomic E-state index is 8.92. The SMILES string of the molecule is N#Cc1ccc2c(c1)NC(I)N2c1ccccc1. The van der Waals surface area contributed by atoms with E-state index in [-0.39, 0.29) is 4.17 Å². The molecule has 88 valence electrons. The monoisotopic (exact) mass is 347 g/mol. The van der Waals surface area contributed by atoms with Gasteiger partial charge >= 0.3 is 0 Å². The van der Waals surface area contributed by atoms with E-state index in [2.05, 4.69) is 51.0 Å². The summed E-state index contributed by atoms with van der Waals surface area (Å²) < 4.78 is 0.161. The summed E-state index contributed by atoms with van der Waals surface area (Å²) >= 11 is 2.35. The Balaban J connectivity index is 2.08. The van der Waals surface area contributed by atoms with Gasteiger partial charge < -0.3 is 10.2 Å². The van der Waals surface area contributed by atoms with Crippen LogP contribution in [0.3, 0.4) is 0 Å². The lowest BCUT2D eigenvalue weighted by atomic mass is 10.2. The molecule has 1 heterocycles. The van der Waals surface area contributed by atoms with Crippen LogP contribution in [0.4, 0.5) is 17.1 Å². The zero-order valence-corrected chi connectivity index (χ0v) is 11.6. The first-order valence-electron chi connectivity index (χ1n) is 5.58. The van der Waals surface area contributed by atoms with Crippen molar-refractivity contribution in [3.63, 3.8) is 0 Å². The minimum Gasteiger partial charge on any atom is -0.355 e. The Hall–Kier alpha value is -1.74. The van der Waals surface area contributed by atoms with E-state index in [9.17, 15) is 0 Å². The molecule has 4 heteroatoms. The van der Waals surface area contributed by atoms with E-state index < -0.39 is 0 Å². The third kappa shape index (κ3) is 1.81. The molecule has 0 saturated heterocycles. The van der Waals surface area contributed by atoms with Gasteiger partial charge in [0.25, 0.3) is 0 Å². The highest BCUT2D eigenvalue weighted by Crippen LogP contribution is 2.42. The topological polar surface area (TPSA) is 39.1 Å². The van der Waals surface area contributed by atoms with Gasteiger partial charge in [-0.2, -0.15) is 5.26 Å².